The van der Waals surface area contributed by atoms with Crippen LogP contribution in [0, 0.1) is 10.1 Å². The van der Waals surface area contributed by atoms with Gasteiger partial charge in [-0.3, -0.25) is 14.9 Å². The quantitative estimate of drug-likeness (QED) is 0.452. The van der Waals surface area contributed by atoms with Gasteiger partial charge in [0.25, 0.3) is 5.69 Å². The van der Waals surface area contributed by atoms with E-state index in [1.54, 1.807) is 10.6 Å². The Balaban J connectivity index is 2.41. The van der Waals surface area contributed by atoms with E-state index in [0.29, 0.717) is 11.0 Å². The number of aromatic nitrogens is 2. The van der Waals surface area contributed by atoms with Gasteiger partial charge < -0.3 is 9.30 Å². The number of non-ortho nitro benzene ring substituents is 1. The van der Waals surface area contributed by atoms with Gasteiger partial charge in [0.15, 0.2) is 0 Å². The Morgan fingerprint density at radius 3 is 3.00 bits per heavy atom. The van der Waals surface area contributed by atoms with E-state index in [1.165, 1.54) is 25.6 Å². The normalized spacial score (nSPS) is 10.4. The minimum Gasteiger partial charge on any atom is -0.468 e. The van der Waals surface area contributed by atoms with Crippen molar-refractivity contribution in [3.05, 3.63) is 34.6 Å². The lowest BCUT2D eigenvalue weighted by Gasteiger charge is -2.01. The predicted molar refractivity (Wildman–Crippen MR) is 58.4 cm³/mol. The minimum absolute atomic E-state index is 0.0270. The minimum atomic E-state index is -0.487. The molecule has 0 saturated heterocycles. The predicted octanol–water partition coefficient (Wildman–Crippen LogP) is 1.12. The topological polar surface area (TPSA) is 87.3 Å². The van der Waals surface area contributed by atoms with Gasteiger partial charge in [-0.25, -0.2) is 4.98 Å². The fraction of sp³-hybridized carbons (Fsp3) is 0.200. The zero-order valence-electron chi connectivity index (χ0n) is 8.99. The summed E-state index contributed by atoms with van der Waals surface area (Å²) in [5.41, 5.74) is 1.10. The van der Waals surface area contributed by atoms with E-state index in [1.807, 2.05) is 0 Å². The van der Waals surface area contributed by atoms with Gasteiger partial charge in [-0.15, -0.1) is 0 Å². The summed E-state index contributed by atoms with van der Waals surface area (Å²) in [7, 11) is 1.30. The Labute approximate surface area is 95.8 Å². The maximum atomic E-state index is 11.1. The van der Waals surface area contributed by atoms with Crippen molar-refractivity contribution in [1.29, 1.82) is 0 Å². The number of nitrogens with zero attached hydrogens (tertiary/aromatic N) is 3. The molecule has 0 saturated carbocycles. The van der Waals surface area contributed by atoms with Crippen LogP contribution in [0.4, 0.5) is 5.69 Å². The second-order valence-corrected chi connectivity index (χ2v) is 3.38. The van der Waals surface area contributed by atoms with E-state index in [-0.39, 0.29) is 12.2 Å². The molecule has 0 radical (unpaired) electrons. The van der Waals surface area contributed by atoms with Gasteiger partial charge in [-0.2, -0.15) is 0 Å². The lowest BCUT2D eigenvalue weighted by Crippen LogP contribution is -2.10. The number of nitro groups is 1. The van der Waals surface area contributed by atoms with Crippen LogP contribution in [0.1, 0.15) is 0 Å². The maximum absolute atomic E-state index is 11.1. The Kier molecular flexibility index (Phi) is 2.73. The van der Waals surface area contributed by atoms with Crippen molar-refractivity contribution in [2.75, 3.05) is 7.11 Å². The molecule has 7 nitrogen and oxygen atoms in total. The number of fused-ring (bicyclic) bond motifs is 1. The lowest BCUT2D eigenvalue weighted by atomic mass is 10.3. The molecule has 0 aliphatic heterocycles. The highest BCUT2D eigenvalue weighted by molar-refractivity contribution is 5.80. The van der Waals surface area contributed by atoms with Crippen molar-refractivity contribution in [1.82, 2.24) is 9.55 Å². The maximum Gasteiger partial charge on any atom is 0.325 e. The molecule has 0 N–H and O–H groups in total. The number of nitro benzene ring substituents is 1. The van der Waals surface area contributed by atoms with Crippen LogP contribution in [0.15, 0.2) is 24.5 Å². The van der Waals surface area contributed by atoms with Crippen molar-refractivity contribution >= 4 is 22.7 Å². The number of hydrogen-bond donors (Lipinski definition) is 0. The number of imidazole rings is 1. The first-order chi connectivity index (χ1) is 8.11. The van der Waals surface area contributed by atoms with Crippen LogP contribution in [0.3, 0.4) is 0 Å². The Morgan fingerprint density at radius 1 is 1.59 bits per heavy atom. The molecule has 0 amide bonds. The van der Waals surface area contributed by atoms with Gasteiger partial charge in [-0.1, -0.05) is 0 Å². The Morgan fingerprint density at radius 2 is 2.35 bits per heavy atom. The van der Waals surface area contributed by atoms with Crippen LogP contribution < -0.4 is 0 Å². The fourth-order valence-corrected chi connectivity index (χ4v) is 1.50. The van der Waals surface area contributed by atoms with Gasteiger partial charge in [0.2, 0.25) is 0 Å². The number of methoxy groups -OCH3 is 1. The first-order valence-electron chi connectivity index (χ1n) is 4.78. The van der Waals surface area contributed by atoms with Gasteiger partial charge in [0, 0.05) is 12.1 Å². The second kappa shape index (κ2) is 4.20. The molecule has 7 heteroatoms. The van der Waals surface area contributed by atoms with Crippen LogP contribution in [-0.2, 0) is 16.1 Å². The molecule has 0 spiro atoms. The van der Waals surface area contributed by atoms with E-state index >= 15 is 0 Å². The zero-order valence-corrected chi connectivity index (χ0v) is 8.99. The van der Waals surface area contributed by atoms with Gasteiger partial charge in [0.05, 0.1) is 29.4 Å². The summed E-state index contributed by atoms with van der Waals surface area (Å²) in [5.74, 6) is -0.400. The third-order valence-electron chi connectivity index (χ3n) is 2.34. The van der Waals surface area contributed by atoms with E-state index in [9.17, 15) is 14.9 Å². The molecule has 17 heavy (non-hydrogen) atoms. The molecule has 0 unspecified atom stereocenters. The SMILES string of the molecule is COC(=O)Cn1cnc2cc([N+](=O)[O-])ccc21. The fourth-order valence-electron chi connectivity index (χ4n) is 1.50. The average Bonchev–Trinajstić information content (AvgIpc) is 2.71. The summed E-state index contributed by atoms with van der Waals surface area (Å²) in [6, 6.07) is 4.30. The van der Waals surface area contributed by atoms with Crippen molar-refractivity contribution in [3.8, 4) is 0 Å². The molecule has 0 aliphatic carbocycles. The highest BCUT2D eigenvalue weighted by atomic mass is 16.6. The first kappa shape index (κ1) is 11.1. The van der Waals surface area contributed by atoms with Crippen LogP contribution in [0.25, 0.3) is 11.0 Å². The third-order valence-corrected chi connectivity index (χ3v) is 2.34. The Hall–Kier alpha value is -2.44. The molecule has 2 rings (SSSR count). The molecule has 0 bridgehead atoms. The van der Waals surface area contributed by atoms with Crippen molar-refractivity contribution < 1.29 is 14.5 Å². The third kappa shape index (κ3) is 2.07. The number of carbonyl (C=O) groups is 1. The molecular weight excluding hydrogens is 226 g/mol. The number of rotatable bonds is 3. The summed E-state index contributed by atoms with van der Waals surface area (Å²) in [6.07, 6.45) is 1.45. The van der Waals surface area contributed by atoms with Gasteiger partial charge >= 0.3 is 5.97 Å². The van der Waals surface area contributed by atoms with Crippen LogP contribution in [0.2, 0.25) is 0 Å². The molecule has 0 aliphatic rings. The van der Waals surface area contributed by atoms with Crippen LogP contribution in [0.5, 0.6) is 0 Å². The number of benzene rings is 1. The zero-order chi connectivity index (χ0) is 12.4. The summed E-state index contributed by atoms with van der Waals surface area (Å²) < 4.78 is 6.11. The summed E-state index contributed by atoms with van der Waals surface area (Å²) in [4.78, 5) is 25.2. The van der Waals surface area contributed by atoms with E-state index in [2.05, 4.69) is 9.72 Å². The molecular formula is C10H9N3O4. The number of hydrogen-bond acceptors (Lipinski definition) is 5. The van der Waals surface area contributed by atoms with Crippen molar-refractivity contribution in [3.63, 3.8) is 0 Å². The second-order valence-electron chi connectivity index (χ2n) is 3.38. The summed E-state index contributed by atoms with van der Waals surface area (Å²) in [5, 5.41) is 10.6. The van der Waals surface area contributed by atoms with Crippen LogP contribution >= 0.6 is 0 Å². The van der Waals surface area contributed by atoms with Gasteiger partial charge in [0.1, 0.15) is 6.54 Å². The number of esters is 1. The van der Waals surface area contributed by atoms with E-state index in [0.717, 1.165) is 0 Å². The monoisotopic (exact) mass is 235 g/mol. The summed E-state index contributed by atoms with van der Waals surface area (Å²) in [6.45, 7) is 0.0326. The number of carbonyl (C=O) groups excluding carboxylic acids is 1. The highest BCUT2D eigenvalue weighted by Gasteiger charge is 2.11. The van der Waals surface area contributed by atoms with Crippen molar-refractivity contribution in [2.45, 2.75) is 6.54 Å². The molecule has 0 atom stereocenters. The van der Waals surface area contributed by atoms with Gasteiger partial charge in [-0.05, 0) is 6.07 Å². The van der Waals surface area contributed by atoms with Crippen molar-refractivity contribution in [2.24, 2.45) is 0 Å². The van der Waals surface area contributed by atoms with E-state index in [4.69, 9.17) is 0 Å². The van der Waals surface area contributed by atoms with E-state index < -0.39 is 10.9 Å². The first-order valence-corrected chi connectivity index (χ1v) is 4.78. The Bertz CT molecular complexity index is 590. The summed E-state index contributed by atoms with van der Waals surface area (Å²) >= 11 is 0. The molecule has 1 heterocycles. The molecule has 88 valence electrons. The molecule has 1 aromatic heterocycles. The lowest BCUT2D eigenvalue weighted by molar-refractivity contribution is -0.384. The molecule has 2 aromatic rings. The average molecular weight is 235 g/mol. The number of ether oxygens (including phenoxy) is 1. The molecule has 1 aromatic carbocycles. The van der Waals surface area contributed by atoms with Crippen LogP contribution in [-0.4, -0.2) is 27.6 Å². The highest BCUT2D eigenvalue weighted by Crippen LogP contribution is 2.19. The standard InChI is InChI=1S/C10H9N3O4/c1-17-10(14)5-12-6-11-8-4-7(13(15)16)2-3-9(8)12/h2-4,6H,5H2,1H3. The smallest absolute Gasteiger partial charge is 0.325 e. The molecule has 0 fully saturated rings. The largest absolute Gasteiger partial charge is 0.468 e.